The highest BCUT2D eigenvalue weighted by Gasteiger charge is 2.18. The van der Waals surface area contributed by atoms with E-state index < -0.39 is 0 Å². The van der Waals surface area contributed by atoms with Crippen LogP contribution in [0.2, 0.25) is 0 Å². The third-order valence-corrected chi connectivity index (χ3v) is 2.59. The fourth-order valence-corrected chi connectivity index (χ4v) is 1.78. The zero-order valence-electron chi connectivity index (χ0n) is 8.44. The smallest absolute Gasteiger partial charge is 0.0668 e. The molecule has 0 bridgehead atoms. The summed E-state index contributed by atoms with van der Waals surface area (Å²) in [6.07, 6.45) is 0. The molecule has 2 rings (SSSR count). The van der Waals surface area contributed by atoms with Crippen LogP contribution in [0.3, 0.4) is 0 Å². The predicted molar refractivity (Wildman–Crippen MR) is 58.5 cm³/mol. The molecule has 0 radical (unpaired) electrons. The van der Waals surface area contributed by atoms with Crippen molar-refractivity contribution in [1.82, 2.24) is 0 Å². The number of rotatable bonds is 1. The number of nitrogen functional groups attached to an aromatic ring is 1. The SMILES string of the molecule is C[C@@H]1COCCN1c1ccc(N)cc1. The number of nitrogens with two attached hydrogens (primary N) is 1. The molecular formula is C11H16N2O. The summed E-state index contributed by atoms with van der Waals surface area (Å²) in [5.41, 5.74) is 7.69. The lowest BCUT2D eigenvalue weighted by molar-refractivity contribution is 0.0989. The third kappa shape index (κ3) is 1.82. The van der Waals surface area contributed by atoms with E-state index in [2.05, 4.69) is 24.0 Å². The van der Waals surface area contributed by atoms with Crippen LogP contribution in [0.15, 0.2) is 24.3 Å². The number of benzene rings is 1. The number of ether oxygens (including phenoxy) is 1. The first-order valence-electron chi connectivity index (χ1n) is 4.97. The van der Waals surface area contributed by atoms with Crippen LogP contribution >= 0.6 is 0 Å². The summed E-state index contributed by atoms with van der Waals surface area (Å²) in [6, 6.07) is 8.47. The fraction of sp³-hybridized carbons (Fsp3) is 0.455. The molecule has 0 amide bonds. The number of anilines is 2. The van der Waals surface area contributed by atoms with Crippen molar-refractivity contribution in [3.05, 3.63) is 24.3 Å². The molecule has 2 N–H and O–H groups in total. The first-order valence-corrected chi connectivity index (χ1v) is 4.97. The largest absolute Gasteiger partial charge is 0.399 e. The van der Waals surface area contributed by atoms with Gasteiger partial charge in [0.2, 0.25) is 0 Å². The van der Waals surface area contributed by atoms with Gasteiger partial charge in [0.15, 0.2) is 0 Å². The average Bonchev–Trinajstić information content (AvgIpc) is 2.20. The number of morpholine rings is 1. The molecule has 1 aliphatic rings. The molecule has 1 aliphatic heterocycles. The monoisotopic (exact) mass is 192 g/mol. The maximum atomic E-state index is 5.65. The number of nitrogens with zero attached hydrogens (tertiary/aromatic N) is 1. The van der Waals surface area contributed by atoms with E-state index in [0.29, 0.717) is 6.04 Å². The Kier molecular flexibility index (Phi) is 2.59. The molecule has 76 valence electrons. The highest BCUT2D eigenvalue weighted by atomic mass is 16.5. The van der Waals surface area contributed by atoms with Gasteiger partial charge in [-0.25, -0.2) is 0 Å². The van der Waals surface area contributed by atoms with E-state index in [4.69, 9.17) is 10.5 Å². The van der Waals surface area contributed by atoms with Crippen molar-refractivity contribution in [3.8, 4) is 0 Å². The molecule has 1 aromatic carbocycles. The van der Waals surface area contributed by atoms with Crippen molar-refractivity contribution in [1.29, 1.82) is 0 Å². The Morgan fingerprint density at radius 3 is 2.71 bits per heavy atom. The maximum Gasteiger partial charge on any atom is 0.0668 e. The van der Waals surface area contributed by atoms with Crippen LogP contribution in [0, 0.1) is 0 Å². The van der Waals surface area contributed by atoms with E-state index in [1.54, 1.807) is 0 Å². The Morgan fingerprint density at radius 1 is 1.36 bits per heavy atom. The van der Waals surface area contributed by atoms with Crippen molar-refractivity contribution in [2.45, 2.75) is 13.0 Å². The van der Waals surface area contributed by atoms with E-state index >= 15 is 0 Å². The maximum absolute atomic E-state index is 5.65. The Morgan fingerprint density at radius 2 is 2.07 bits per heavy atom. The van der Waals surface area contributed by atoms with Gasteiger partial charge >= 0.3 is 0 Å². The van der Waals surface area contributed by atoms with Gasteiger partial charge in [-0.15, -0.1) is 0 Å². The van der Waals surface area contributed by atoms with Gasteiger partial charge < -0.3 is 15.4 Å². The lowest BCUT2D eigenvalue weighted by Gasteiger charge is -2.35. The highest BCUT2D eigenvalue weighted by molar-refractivity contribution is 5.53. The molecule has 1 heterocycles. The van der Waals surface area contributed by atoms with Crippen molar-refractivity contribution in [3.63, 3.8) is 0 Å². The lowest BCUT2D eigenvalue weighted by atomic mass is 10.2. The summed E-state index contributed by atoms with van der Waals surface area (Å²) in [7, 11) is 0. The first-order chi connectivity index (χ1) is 6.77. The molecule has 1 atom stereocenters. The molecule has 3 heteroatoms. The zero-order valence-corrected chi connectivity index (χ0v) is 8.44. The summed E-state index contributed by atoms with van der Waals surface area (Å²) in [5.74, 6) is 0. The second-order valence-corrected chi connectivity index (χ2v) is 3.71. The second kappa shape index (κ2) is 3.88. The highest BCUT2D eigenvalue weighted by Crippen LogP contribution is 2.20. The van der Waals surface area contributed by atoms with E-state index in [0.717, 1.165) is 25.4 Å². The van der Waals surface area contributed by atoms with Crippen LogP contribution in [0.25, 0.3) is 0 Å². The molecule has 1 fully saturated rings. The molecule has 0 aromatic heterocycles. The number of hydrogen-bond acceptors (Lipinski definition) is 3. The molecule has 0 spiro atoms. The van der Waals surface area contributed by atoms with Crippen LogP contribution in [0.4, 0.5) is 11.4 Å². The minimum Gasteiger partial charge on any atom is -0.399 e. The van der Waals surface area contributed by atoms with Gasteiger partial charge in [0.25, 0.3) is 0 Å². The molecule has 0 unspecified atom stereocenters. The Bertz CT molecular complexity index is 297. The van der Waals surface area contributed by atoms with Crippen LogP contribution in [-0.4, -0.2) is 25.8 Å². The zero-order chi connectivity index (χ0) is 9.97. The first kappa shape index (κ1) is 9.34. The van der Waals surface area contributed by atoms with Gasteiger partial charge in [-0.1, -0.05) is 0 Å². The standard InChI is InChI=1S/C11H16N2O/c1-9-8-14-7-6-13(9)11-4-2-10(12)3-5-11/h2-5,9H,6-8,12H2,1H3/t9-/m1/s1. The minimum atomic E-state index is 0.451. The Hall–Kier alpha value is -1.22. The second-order valence-electron chi connectivity index (χ2n) is 3.71. The molecule has 14 heavy (non-hydrogen) atoms. The minimum absolute atomic E-state index is 0.451. The van der Waals surface area contributed by atoms with Crippen molar-refractivity contribution >= 4 is 11.4 Å². The summed E-state index contributed by atoms with van der Waals surface area (Å²) >= 11 is 0. The molecule has 0 aliphatic carbocycles. The summed E-state index contributed by atoms with van der Waals surface area (Å²) in [6.45, 7) is 4.76. The van der Waals surface area contributed by atoms with E-state index in [1.165, 1.54) is 5.69 Å². The van der Waals surface area contributed by atoms with Crippen LogP contribution in [0.1, 0.15) is 6.92 Å². The summed E-state index contributed by atoms with van der Waals surface area (Å²) < 4.78 is 5.39. The quantitative estimate of drug-likeness (QED) is 0.685. The Balaban J connectivity index is 2.16. The van der Waals surface area contributed by atoms with Gasteiger partial charge in [-0.2, -0.15) is 0 Å². The summed E-state index contributed by atoms with van der Waals surface area (Å²) in [4.78, 5) is 2.35. The van der Waals surface area contributed by atoms with Gasteiger partial charge in [0, 0.05) is 24.0 Å². The topological polar surface area (TPSA) is 38.5 Å². The van der Waals surface area contributed by atoms with E-state index in [-0.39, 0.29) is 0 Å². The van der Waals surface area contributed by atoms with Crippen molar-refractivity contribution in [2.75, 3.05) is 30.4 Å². The molecule has 3 nitrogen and oxygen atoms in total. The lowest BCUT2D eigenvalue weighted by Crippen LogP contribution is -2.43. The normalized spacial score (nSPS) is 22.4. The van der Waals surface area contributed by atoms with E-state index in [9.17, 15) is 0 Å². The van der Waals surface area contributed by atoms with Gasteiger partial charge in [0.1, 0.15) is 0 Å². The van der Waals surface area contributed by atoms with Crippen LogP contribution in [0.5, 0.6) is 0 Å². The summed E-state index contributed by atoms with van der Waals surface area (Å²) in [5, 5.41) is 0. The molecule has 0 saturated carbocycles. The molecule has 1 saturated heterocycles. The Labute approximate surface area is 84.5 Å². The van der Waals surface area contributed by atoms with Gasteiger partial charge in [0.05, 0.1) is 13.2 Å². The molecule has 1 aromatic rings. The third-order valence-electron chi connectivity index (χ3n) is 2.59. The van der Waals surface area contributed by atoms with Gasteiger partial charge in [-0.3, -0.25) is 0 Å². The fourth-order valence-electron chi connectivity index (χ4n) is 1.78. The van der Waals surface area contributed by atoms with Crippen molar-refractivity contribution < 1.29 is 4.74 Å². The van der Waals surface area contributed by atoms with Crippen LogP contribution in [-0.2, 0) is 4.74 Å². The molecular weight excluding hydrogens is 176 g/mol. The average molecular weight is 192 g/mol. The number of hydrogen-bond donors (Lipinski definition) is 1. The van der Waals surface area contributed by atoms with Crippen molar-refractivity contribution in [2.24, 2.45) is 0 Å². The predicted octanol–water partition coefficient (Wildman–Crippen LogP) is 1.49. The van der Waals surface area contributed by atoms with Crippen LogP contribution < -0.4 is 10.6 Å². The van der Waals surface area contributed by atoms with E-state index in [1.807, 2.05) is 12.1 Å². The van der Waals surface area contributed by atoms with Gasteiger partial charge in [-0.05, 0) is 31.2 Å².